The lowest BCUT2D eigenvalue weighted by molar-refractivity contribution is -0.140. The van der Waals surface area contributed by atoms with Gasteiger partial charge in [0.2, 0.25) is 17.7 Å². The van der Waals surface area contributed by atoms with E-state index in [4.69, 9.17) is 0 Å². The van der Waals surface area contributed by atoms with Crippen molar-refractivity contribution in [2.75, 3.05) is 11.9 Å². The monoisotopic (exact) mass is 356 g/mol. The molecule has 1 N–H and O–H groups in total. The molecule has 26 heavy (non-hydrogen) atoms. The van der Waals surface area contributed by atoms with Crippen molar-refractivity contribution < 1.29 is 18.8 Å². The van der Waals surface area contributed by atoms with Gasteiger partial charge in [0, 0.05) is 18.7 Å². The van der Waals surface area contributed by atoms with E-state index in [9.17, 15) is 18.8 Å². The maximum absolute atomic E-state index is 13.6. The van der Waals surface area contributed by atoms with E-state index in [1.807, 2.05) is 0 Å². The van der Waals surface area contributed by atoms with Crippen LogP contribution in [0.15, 0.2) is 30.4 Å². The molecule has 1 heterocycles. The molecule has 1 saturated carbocycles. The van der Waals surface area contributed by atoms with Crippen molar-refractivity contribution >= 4 is 23.4 Å². The minimum Gasteiger partial charge on any atom is -0.326 e. The molecule has 1 aliphatic heterocycles. The summed E-state index contributed by atoms with van der Waals surface area (Å²) in [5.74, 6) is -1.22. The number of benzene rings is 1. The summed E-state index contributed by atoms with van der Waals surface area (Å²) in [6, 6.07) is 4.48. The Balaban J connectivity index is 1.39. The molecule has 0 spiro atoms. The first kappa shape index (κ1) is 16.9. The third kappa shape index (κ3) is 2.73. The standard InChI is InChI=1S/C20H21FN2O3/c1-11-2-7-14(10-15(11)21)22-16(24)8-9-23-19(25)17-12-3-4-13(6-5-12)18(17)20(23)26/h2-4,7,10,12-13,17-18H,5-6,8-9H2,1H3,(H,22,24)/t12-,13-,17-,18+/m0/s1. The molecule has 2 bridgehead atoms. The van der Waals surface area contributed by atoms with E-state index in [-0.39, 0.29) is 60.2 Å². The SMILES string of the molecule is Cc1ccc(NC(=O)CCN2C(=O)[C@@H]3[C@H](C2=O)[C@H]2C=C[C@H]3CC2)cc1F. The Bertz CT molecular complexity index is 787. The summed E-state index contributed by atoms with van der Waals surface area (Å²) < 4.78 is 13.6. The van der Waals surface area contributed by atoms with E-state index in [0.29, 0.717) is 11.3 Å². The molecule has 2 fully saturated rings. The van der Waals surface area contributed by atoms with E-state index in [0.717, 1.165) is 12.8 Å². The number of nitrogens with zero attached hydrogens (tertiary/aromatic N) is 1. The molecule has 1 aromatic carbocycles. The second kappa shape index (κ2) is 6.34. The summed E-state index contributed by atoms with van der Waals surface area (Å²) in [5, 5.41) is 2.62. The molecule has 4 atom stereocenters. The van der Waals surface area contributed by atoms with Crippen LogP contribution in [0.2, 0.25) is 0 Å². The highest BCUT2D eigenvalue weighted by atomic mass is 19.1. The van der Waals surface area contributed by atoms with Crippen LogP contribution in [0.3, 0.4) is 0 Å². The summed E-state index contributed by atoms with van der Waals surface area (Å²) in [6.07, 6.45) is 6.06. The summed E-state index contributed by atoms with van der Waals surface area (Å²) >= 11 is 0. The molecule has 6 heteroatoms. The molecule has 0 aromatic heterocycles. The number of amides is 3. The molecule has 1 aromatic rings. The fourth-order valence-corrected chi connectivity index (χ4v) is 4.46. The van der Waals surface area contributed by atoms with Gasteiger partial charge in [-0.1, -0.05) is 18.2 Å². The van der Waals surface area contributed by atoms with E-state index in [1.165, 1.54) is 11.0 Å². The Labute approximate surface area is 151 Å². The van der Waals surface area contributed by atoms with Crippen LogP contribution in [0.1, 0.15) is 24.8 Å². The molecule has 1 saturated heterocycles. The summed E-state index contributed by atoms with van der Waals surface area (Å²) in [5.41, 5.74) is 0.871. The average Bonchev–Trinajstić information content (AvgIpc) is 2.90. The highest BCUT2D eigenvalue weighted by Crippen LogP contribution is 2.49. The molecular weight excluding hydrogens is 335 g/mol. The number of rotatable bonds is 4. The average molecular weight is 356 g/mol. The van der Waals surface area contributed by atoms with Gasteiger partial charge in [0.15, 0.2) is 0 Å². The van der Waals surface area contributed by atoms with E-state index in [2.05, 4.69) is 17.5 Å². The van der Waals surface area contributed by atoms with Crippen LogP contribution in [0, 0.1) is 36.4 Å². The number of carbonyl (C=O) groups excluding carboxylic acids is 3. The highest BCUT2D eigenvalue weighted by Gasteiger charge is 2.56. The minimum atomic E-state index is -0.389. The number of nitrogens with one attached hydrogen (secondary N) is 1. The lowest BCUT2D eigenvalue weighted by Crippen LogP contribution is -2.38. The predicted octanol–water partition coefficient (Wildman–Crippen LogP) is 2.66. The number of aryl methyl sites for hydroxylation is 1. The Morgan fingerprint density at radius 3 is 2.31 bits per heavy atom. The predicted molar refractivity (Wildman–Crippen MR) is 93.4 cm³/mol. The van der Waals surface area contributed by atoms with Gasteiger partial charge in [-0.25, -0.2) is 4.39 Å². The van der Waals surface area contributed by atoms with Gasteiger partial charge >= 0.3 is 0 Å². The van der Waals surface area contributed by atoms with Gasteiger partial charge in [-0.05, 0) is 49.3 Å². The number of hydrogen-bond acceptors (Lipinski definition) is 3. The zero-order chi connectivity index (χ0) is 18.4. The molecule has 0 unspecified atom stereocenters. The molecule has 3 amide bonds. The van der Waals surface area contributed by atoms with Gasteiger partial charge < -0.3 is 5.32 Å². The highest BCUT2D eigenvalue weighted by molar-refractivity contribution is 6.06. The van der Waals surface area contributed by atoms with Crippen molar-refractivity contribution in [2.45, 2.75) is 26.2 Å². The maximum atomic E-state index is 13.6. The van der Waals surface area contributed by atoms with Gasteiger partial charge in [-0.2, -0.15) is 0 Å². The van der Waals surface area contributed by atoms with Gasteiger partial charge in [0.25, 0.3) is 0 Å². The van der Waals surface area contributed by atoms with Crippen molar-refractivity contribution in [1.82, 2.24) is 4.90 Å². The summed E-state index contributed by atoms with van der Waals surface area (Å²) in [7, 11) is 0. The first-order valence-electron chi connectivity index (χ1n) is 9.05. The third-order valence-corrected chi connectivity index (χ3v) is 5.87. The van der Waals surface area contributed by atoms with Crippen LogP contribution in [0.5, 0.6) is 0 Å². The van der Waals surface area contributed by atoms with Crippen molar-refractivity contribution in [3.8, 4) is 0 Å². The number of anilines is 1. The van der Waals surface area contributed by atoms with Crippen LogP contribution in [0.4, 0.5) is 10.1 Å². The number of fused-ring (bicyclic) bond motifs is 1. The van der Waals surface area contributed by atoms with Crippen molar-refractivity contribution in [3.63, 3.8) is 0 Å². The smallest absolute Gasteiger partial charge is 0.233 e. The quantitative estimate of drug-likeness (QED) is 0.666. The van der Waals surface area contributed by atoms with E-state index in [1.54, 1.807) is 19.1 Å². The first-order chi connectivity index (χ1) is 12.5. The van der Waals surface area contributed by atoms with Gasteiger partial charge in [0.1, 0.15) is 5.82 Å². The van der Waals surface area contributed by atoms with Crippen molar-refractivity contribution in [2.24, 2.45) is 23.7 Å². The zero-order valence-electron chi connectivity index (χ0n) is 14.6. The molecule has 3 aliphatic carbocycles. The van der Waals surface area contributed by atoms with Crippen molar-refractivity contribution in [3.05, 3.63) is 41.7 Å². The molecule has 5 rings (SSSR count). The number of allylic oxidation sites excluding steroid dienone is 2. The Morgan fingerprint density at radius 2 is 1.77 bits per heavy atom. The van der Waals surface area contributed by atoms with Gasteiger partial charge in [-0.15, -0.1) is 0 Å². The number of hydrogen-bond donors (Lipinski definition) is 1. The largest absolute Gasteiger partial charge is 0.326 e. The summed E-state index contributed by atoms with van der Waals surface area (Å²) in [6.45, 7) is 1.72. The third-order valence-electron chi connectivity index (χ3n) is 5.87. The molecule has 4 aliphatic rings. The molecule has 0 radical (unpaired) electrons. The second-order valence-electron chi connectivity index (χ2n) is 7.43. The number of likely N-dealkylation sites (tertiary alicyclic amines) is 1. The molecular formula is C20H21FN2O3. The Hall–Kier alpha value is -2.50. The number of carbonyl (C=O) groups is 3. The maximum Gasteiger partial charge on any atom is 0.233 e. The van der Waals surface area contributed by atoms with Crippen molar-refractivity contribution in [1.29, 1.82) is 0 Å². The lowest BCUT2D eigenvalue weighted by atomic mass is 9.63. The van der Waals surface area contributed by atoms with Crippen LogP contribution in [-0.2, 0) is 14.4 Å². The van der Waals surface area contributed by atoms with Gasteiger partial charge in [-0.3, -0.25) is 19.3 Å². The van der Waals surface area contributed by atoms with E-state index >= 15 is 0 Å². The van der Waals surface area contributed by atoms with Gasteiger partial charge in [0.05, 0.1) is 11.8 Å². The van der Waals surface area contributed by atoms with E-state index < -0.39 is 0 Å². The first-order valence-corrected chi connectivity index (χ1v) is 9.05. The number of imide groups is 1. The molecule has 5 nitrogen and oxygen atoms in total. The number of halogens is 1. The topological polar surface area (TPSA) is 66.5 Å². The fraction of sp³-hybridized carbons (Fsp3) is 0.450. The zero-order valence-corrected chi connectivity index (χ0v) is 14.6. The molecule has 136 valence electrons. The van der Waals surface area contributed by atoms with Crippen LogP contribution in [0.25, 0.3) is 0 Å². The Kier molecular flexibility index (Phi) is 4.13. The Morgan fingerprint density at radius 1 is 1.15 bits per heavy atom. The lowest BCUT2D eigenvalue weighted by Gasteiger charge is -2.38. The minimum absolute atomic E-state index is 0.00910. The normalized spacial score (nSPS) is 29.2. The second-order valence-corrected chi connectivity index (χ2v) is 7.43. The van der Waals surface area contributed by atoms with Crippen LogP contribution >= 0.6 is 0 Å². The fourth-order valence-electron chi connectivity index (χ4n) is 4.46. The van der Waals surface area contributed by atoms with Crippen LogP contribution in [-0.4, -0.2) is 29.2 Å². The summed E-state index contributed by atoms with van der Waals surface area (Å²) in [4.78, 5) is 38.8. The van der Waals surface area contributed by atoms with Crippen LogP contribution < -0.4 is 5.32 Å².